The third-order valence-corrected chi connectivity index (χ3v) is 6.94. The standard InChI is InChI=1S/C20H32N2O3S/c1-3-4-5-6-7-8-20(23)21-18-9-11-19(12-10-18)26(24,25)22-15-13-17(2)14-16-22/h9-12,17H,3-8,13-16H2,1-2H3,(H,21,23). The summed E-state index contributed by atoms with van der Waals surface area (Å²) in [7, 11) is -3.43. The quantitative estimate of drug-likeness (QED) is 0.646. The highest BCUT2D eigenvalue weighted by atomic mass is 32.2. The second-order valence-electron chi connectivity index (χ2n) is 7.32. The predicted octanol–water partition coefficient (Wildman–Crippen LogP) is 4.41. The molecule has 0 saturated carbocycles. The van der Waals surface area contributed by atoms with Crippen molar-refractivity contribution >= 4 is 21.6 Å². The van der Waals surface area contributed by atoms with Gasteiger partial charge >= 0.3 is 0 Å². The molecule has 0 aliphatic carbocycles. The van der Waals surface area contributed by atoms with E-state index in [4.69, 9.17) is 0 Å². The van der Waals surface area contributed by atoms with Crippen LogP contribution in [0.4, 0.5) is 5.69 Å². The van der Waals surface area contributed by atoms with Crippen molar-refractivity contribution in [2.45, 2.75) is 70.1 Å². The summed E-state index contributed by atoms with van der Waals surface area (Å²) in [6.07, 6.45) is 7.88. The number of carbonyl (C=O) groups is 1. The minimum absolute atomic E-state index is 0.0119. The van der Waals surface area contributed by atoms with Crippen LogP contribution in [-0.2, 0) is 14.8 Å². The Balaban J connectivity index is 1.86. The van der Waals surface area contributed by atoms with E-state index in [-0.39, 0.29) is 5.91 Å². The summed E-state index contributed by atoms with van der Waals surface area (Å²) in [5.74, 6) is 0.572. The second kappa shape index (κ2) is 10.1. The van der Waals surface area contributed by atoms with Gasteiger partial charge in [-0.2, -0.15) is 4.31 Å². The number of sulfonamides is 1. The molecular weight excluding hydrogens is 348 g/mol. The van der Waals surface area contributed by atoms with Gasteiger partial charge < -0.3 is 5.32 Å². The third kappa shape index (κ3) is 6.09. The zero-order valence-corrected chi connectivity index (χ0v) is 16.9. The van der Waals surface area contributed by atoms with Gasteiger partial charge in [0.2, 0.25) is 15.9 Å². The average Bonchev–Trinajstić information content (AvgIpc) is 2.62. The molecule has 1 aliphatic rings. The van der Waals surface area contributed by atoms with Crippen LogP contribution in [-0.4, -0.2) is 31.7 Å². The lowest BCUT2D eigenvalue weighted by Crippen LogP contribution is -2.37. The molecule has 1 aromatic carbocycles. The van der Waals surface area contributed by atoms with Crippen molar-refractivity contribution in [3.8, 4) is 0 Å². The number of hydrogen-bond acceptors (Lipinski definition) is 3. The number of nitrogens with zero attached hydrogens (tertiary/aromatic N) is 1. The number of nitrogens with one attached hydrogen (secondary N) is 1. The van der Waals surface area contributed by atoms with Gasteiger partial charge in [-0.05, 0) is 49.4 Å². The van der Waals surface area contributed by atoms with E-state index in [2.05, 4.69) is 19.2 Å². The number of benzene rings is 1. The molecule has 6 heteroatoms. The Morgan fingerprint density at radius 2 is 1.69 bits per heavy atom. The van der Waals surface area contributed by atoms with Gasteiger partial charge in [-0.15, -0.1) is 0 Å². The Labute approximate surface area is 158 Å². The third-order valence-electron chi connectivity index (χ3n) is 5.03. The molecule has 1 N–H and O–H groups in total. The van der Waals surface area contributed by atoms with Crippen molar-refractivity contribution in [1.29, 1.82) is 0 Å². The van der Waals surface area contributed by atoms with Crippen molar-refractivity contribution in [2.24, 2.45) is 5.92 Å². The lowest BCUT2D eigenvalue weighted by atomic mass is 10.0. The molecule has 0 atom stereocenters. The van der Waals surface area contributed by atoms with E-state index >= 15 is 0 Å². The van der Waals surface area contributed by atoms with E-state index in [0.29, 0.717) is 36.0 Å². The van der Waals surface area contributed by atoms with E-state index in [1.54, 1.807) is 28.6 Å². The molecule has 146 valence electrons. The van der Waals surface area contributed by atoms with Gasteiger partial charge in [0.15, 0.2) is 0 Å². The van der Waals surface area contributed by atoms with Crippen molar-refractivity contribution in [1.82, 2.24) is 4.31 Å². The topological polar surface area (TPSA) is 66.5 Å². The molecule has 1 amide bonds. The first-order valence-electron chi connectivity index (χ1n) is 9.83. The number of hydrogen-bond donors (Lipinski definition) is 1. The summed E-state index contributed by atoms with van der Waals surface area (Å²) in [5.41, 5.74) is 0.648. The molecule has 1 heterocycles. The Hall–Kier alpha value is -1.40. The van der Waals surface area contributed by atoms with Gasteiger partial charge in [0.05, 0.1) is 4.90 Å². The number of amides is 1. The maximum atomic E-state index is 12.7. The fourth-order valence-corrected chi connectivity index (χ4v) is 4.67. The van der Waals surface area contributed by atoms with Crippen LogP contribution in [0.2, 0.25) is 0 Å². The molecule has 1 aromatic rings. The van der Waals surface area contributed by atoms with Crippen molar-refractivity contribution in [3.05, 3.63) is 24.3 Å². The SMILES string of the molecule is CCCCCCCC(=O)Nc1ccc(S(=O)(=O)N2CCC(C)CC2)cc1. The molecule has 1 fully saturated rings. The first-order chi connectivity index (χ1) is 12.4. The zero-order chi connectivity index (χ0) is 19.0. The van der Waals surface area contributed by atoms with Crippen LogP contribution in [0, 0.1) is 5.92 Å². The van der Waals surface area contributed by atoms with Gasteiger partial charge in [-0.1, -0.05) is 39.5 Å². The molecule has 1 aliphatic heterocycles. The second-order valence-corrected chi connectivity index (χ2v) is 9.26. The first kappa shape index (κ1) is 20.9. The van der Waals surface area contributed by atoms with E-state index in [1.807, 2.05) is 0 Å². The van der Waals surface area contributed by atoms with Crippen LogP contribution in [0.5, 0.6) is 0 Å². The molecule has 1 saturated heterocycles. The van der Waals surface area contributed by atoms with Crippen molar-refractivity contribution in [2.75, 3.05) is 18.4 Å². The number of carbonyl (C=O) groups excluding carboxylic acids is 1. The summed E-state index contributed by atoms with van der Waals surface area (Å²) in [6.45, 7) is 5.49. The zero-order valence-electron chi connectivity index (χ0n) is 16.0. The Morgan fingerprint density at radius 1 is 1.08 bits per heavy atom. The number of piperidine rings is 1. The van der Waals surface area contributed by atoms with Gasteiger partial charge in [0, 0.05) is 25.2 Å². The van der Waals surface area contributed by atoms with Crippen LogP contribution in [0.1, 0.15) is 65.2 Å². The first-order valence-corrected chi connectivity index (χ1v) is 11.3. The molecule has 2 rings (SSSR count). The van der Waals surface area contributed by atoms with Crippen molar-refractivity contribution < 1.29 is 13.2 Å². The minimum Gasteiger partial charge on any atom is -0.326 e. The van der Waals surface area contributed by atoms with Gasteiger partial charge in [-0.3, -0.25) is 4.79 Å². The molecule has 5 nitrogen and oxygen atoms in total. The Morgan fingerprint density at radius 3 is 2.31 bits per heavy atom. The number of unbranched alkanes of at least 4 members (excludes halogenated alkanes) is 4. The van der Waals surface area contributed by atoms with Crippen LogP contribution in [0.3, 0.4) is 0 Å². The highest BCUT2D eigenvalue weighted by molar-refractivity contribution is 7.89. The van der Waals surface area contributed by atoms with Gasteiger partial charge in [0.1, 0.15) is 0 Å². The lowest BCUT2D eigenvalue weighted by molar-refractivity contribution is -0.116. The molecule has 0 unspecified atom stereocenters. The molecule has 0 radical (unpaired) electrons. The van der Waals surface area contributed by atoms with E-state index < -0.39 is 10.0 Å². The smallest absolute Gasteiger partial charge is 0.243 e. The average molecular weight is 381 g/mol. The minimum atomic E-state index is -3.43. The maximum Gasteiger partial charge on any atom is 0.243 e. The van der Waals surface area contributed by atoms with Crippen LogP contribution in [0.15, 0.2) is 29.2 Å². The van der Waals surface area contributed by atoms with Crippen LogP contribution < -0.4 is 5.32 Å². The largest absolute Gasteiger partial charge is 0.326 e. The fraction of sp³-hybridized carbons (Fsp3) is 0.650. The summed E-state index contributed by atoms with van der Waals surface area (Å²) in [6, 6.07) is 6.53. The van der Waals surface area contributed by atoms with Gasteiger partial charge in [-0.25, -0.2) is 8.42 Å². The van der Waals surface area contributed by atoms with Gasteiger partial charge in [0.25, 0.3) is 0 Å². The fourth-order valence-electron chi connectivity index (χ4n) is 3.20. The van der Waals surface area contributed by atoms with E-state index in [0.717, 1.165) is 25.7 Å². The summed E-state index contributed by atoms with van der Waals surface area (Å²) in [4.78, 5) is 12.3. The molecule has 0 spiro atoms. The molecular formula is C20H32N2O3S. The lowest BCUT2D eigenvalue weighted by Gasteiger charge is -2.29. The van der Waals surface area contributed by atoms with Crippen LogP contribution in [0.25, 0.3) is 0 Å². The summed E-state index contributed by atoms with van der Waals surface area (Å²) in [5, 5.41) is 2.85. The van der Waals surface area contributed by atoms with Crippen molar-refractivity contribution in [3.63, 3.8) is 0 Å². The maximum absolute atomic E-state index is 12.7. The highest BCUT2D eigenvalue weighted by Gasteiger charge is 2.27. The Bertz CT molecular complexity index is 663. The van der Waals surface area contributed by atoms with Crippen LogP contribution >= 0.6 is 0 Å². The molecule has 26 heavy (non-hydrogen) atoms. The normalized spacial score (nSPS) is 16.5. The van der Waals surface area contributed by atoms with E-state index in [1.165, 1.54) is 19.3 Å². The summed E-state index contributed by atoms with van der Waals surface area (Å²) >= 11 is 0. The summed E-state index contributed by atoms with van der Waals surface area (Å²) < 4.78 is 27.0. The molecule has 0 aromatic heterocycles. The Kier molecular flexibility index (Phi) is 8.10. The number of anilines is 1. The predicted molar refractivity (Wildman–Crippen MR) is 106 cm³/mol. The molecule has 0 bridgehead atoms. The van der Waals surface area contributed by atoms with E-state index in [9.17, 15) is 13.2 Å². The number of rotatable bonds is 9. The highest BCUT2D eigenvalue weighted by Crippen LogP contribution is 2.24. The monoisotopic (exact) mass is 380 g/mol.